The fraction of sp³-hybridized carbons (Fsp3) is 0.688. The van der Waals surface area contributed by atoms with Gasteiger partial charge in [0.2, 0.25) is 0 Å². The Labute approximate surface area is 111 Å². The molecule has 1 aromatic rings. The van der Waals surface area contributed by atoms with Crippen molar-refractivity contribution in [3.8, 4) is 0 Å². The van der Waals surface area contributed by atoms with E-state index >= 15 is 0 Å². The van der Waals surface area contributed by atoms with E-state index in [1.807, 2.05) is 0 Å². The number of rotatable bonds is 3. The van der Waals surface area contributed by atoms with Crippen molar-refractivity contribution in [2.75, 3.05) is 0 Å². The van der Waals surface area contributed by atoms with Crippen LogP contribution in [0.4, 0.5) is 0 Å². The van der Waals surface area contributed by atoms with Gasteiger partial charge in [0.25, 0.3) is 0 Å². The van der Waals surface area contributed by atoms with Crippen LogP contribution in [0.2, 0.25) is 0 Å². The SMILES string of the molecule is CC(C)(C)c1cccc(CNC2CCCCC2)n1. The van der Waals surface area contributed by atoms with E-state index in [1.165, 1.54) is 43.5 Å². The fourth-order valence-electron chi connectivity index (χ4n) is 2.55. The first-order valence-corrected chi connectivity index (χ1v) is 7.25. The molecule has 2 heteroatoms. The monoisotopic (exact) mass is 246 g/mol. The lowest BCUT2D eigenvalue weighted by Crippen LogP contribution is -2.31. The summed E-state index contributed by atoms with van der Waals surface area (Å²) in [6.45, 7) is 7.56. The maximum Gasteiger partial charge on any atom is 0.0545 e. The Hall–Kier alpha value is -0.890. The molecule has 0 aromatic carbocycles. The number of hydrogen-bond donors (Lipinski definition) is 1. The van der Waals surface area contributed by atoms with Crippen molar-refractivity contribution < 1.29 is 0 Å². The van der Waals surface area contributed by atoms with Crippen molar-refractivity contribution in [3.05, 3.63) is 29.6 Å². The standard InChI is InChI=1S/C16H26N2/c1-16(2,3)15-11-7-10-14(18-15)12-17-13-8-5-4-6-9-13/h7,10-11,13,17H,4-6,8-9,12H2,1-3H3. The molecule has 0 atom stereocenters. The summed E-state index contributed by atoms with van der Waals surface area (Å²) in [6, 6.07) is 7.10. The molecule has 0 saturated heterocycles. The Kier molecular flexibility index (Phi) is 4.39. The van der Waals surface area contributed by atoms with Gasteiger partial charge in [-0.25, -0.2) is 0 Å². The van der Waals surface area contributed by atoms with Gasteiger partial charge in [0.1, 0.15) is 0 Å². The largest absolute Gasteiger partial charge is 0.308 e. The van der Waals surface area contributed by atoms with Crippen molar-refractivity contribution in [2.45, 2.75) is 70.9 Å². The molecular weight excluding hydrogens is 220 g/mol. The maximum absolute atomic E-state index is 4.77. The third kappa shape index (κ3) is 3.81. The van der Waals surface area contributed by atoms with E-state index in [2.05, 4.69) is 44.3 Å². The molecule has 0 spiro atoms. The lowest BCUT2D eigenvalue weighted by Gasteiger charge is -2.23. The Morgan fingerprint density at radius 3 is 2.56 bits per heavy atom. The summed E-state index contributed by atoms with van der Waals surface area (Å²) in [5.41, 5.74) is 2.50. The summed E-state index contributed by atoms with van der Waals surface area (Å²) < 4.78 is 0. The molecule has 100 valence electrons. The normalized spacial score (nSPS) is 17.9. The van der Waals surface area contributed by atoms with Crippen LogP contribution in [0, 0.1) is 0 Å². The van der Waals surface area contributed by atoms with Gasteiger partial charge in [-0.05, 0) is 25.0 Å². The molecule has 0 unspecified atom stereocenters. The van der Waals surface area contributed by atoms with Crippen LogP contribution in [0.25, 0.3) is 0 Å². The zero-order valence-electron chi connectivity index (χ0n) is 12.0. The van der Waals surface area contributed by atoms with Crippen LogP contribution in [-0.2, 0) is 12.0 Å². The van der Waals surface area contributed by atoms with Crippen molar-refractivity contribution in [2.24, 2.45) is 0 Å². The Morgan fingerprint density at radius 1 is 1.17 bits per heavy atom. The summed E-state index contributed by atoms with van der Waals surface area (Å²) >= 11 is 0. The summed E-state index contributed by atoms with van der Waals surface area (Å²) in [5, 5.41) is 3.65. The highest BCUT2D eigenvalue weighted by Crippen LogP contribution is 2.20. The van der Waals surface area contributed by atoms with Gasteiger partial charge in [0, 0.05) is 23.7 Å². The number of pyridine rings is 1. The average Bonchev–Trinajstić information content (AvgIpc) is 2.37. The maximum atomic E-state index is 4.77. The van der Waals surface area contributed by atoms with Gasteiger partial charge in [0.15, 0.2) is 0 Å². The second-order valence-electron chi connectivity index (χ2n) is 6.48. The number of nitrogens with zero attached hydrogens (tertiary/aromatic N) is 1. The lowest BCUT2D eigenvalue weighted by atomic mass is 9.91. The smallest absolute Gasteiger partial charge is 0.0545 e. The number of hydrogen-bond acceptors (Lipinski definition) is 2. The van der Waals surface area contributed by atoms with Crippen LogP contribution in [0.3, 0.4) is 0 Å². The molecule has 1 aliphatic rings. The van der Waals surface area contributed by atoms with E-state index in [-0.39, 0.29) is 5.41 Å². The molecule has 1 aromatic heterocycles. The van der Waals surface area contributed by atoms with E-state index in [0.29, 0.717) is 6.04 Å². The highest BCUT2D eigenvalue weighted by atomic mass is 14.9. The summed E-state index contributed by atoms with van der Waals surface area (Å²) in [4.78, 5) is 4.77. The Bertz CT molecular complexity index is 373. The van der Waals surface area contributed by atoms with Gasteiger partial charge in [-0.1, -0.05) is 46.1 Å². The minimum absolute atomic E-state index is 0.140. The third-order valence-corrected chi connectivity index (χ3v) is 3.75. The van der Waals surface area contributed by atoms with E-state index < -0.39 is 0 Å². The summed E-state index contributed by atoms with van der Waals surface area (Å²) in [6.07, 6.45) is 6.84. The van der Waals surface area contributed by atoms with Crippen LogP contribution in [0.5, 0.6) is 0 Å². The van der Waals surface area contributed by atoms with E-state index in [0.717, 1.165) is 6.54 Å². The molecule has 0 bridgehead atoms. The summed E-state index contributed by atoms with van der Waals surface area (Å²) in [7, 11) is 0. The van der Waals surface area contributed by atoms with Crippen LogP contribution in [0.15, 0.2) is 18.2 Å². The highest BCUT2D eigenvalue weighted by molar-refractivity contribution is 5.17. The second-order valence-corrected chi connectivity index (χ2v) is 6.48. The van der Waals surface area contributed by atoms with Gasteiger partial charge >= 0.3 is 0 Å². The zero-order valence-corrected chi connectivity index (χ0v) is 12.0. The minimum atomic E-state index is 0.140. The molecule has 1 N–H and O–H groups in total. The third-order valence-electron chi connectivity index (χ3n) is 3.75. The molecule has 0 amide bonds. The first-order valence-electron chi connectivity index (χ1n) is 7.25. The molecule has 0 aliphatic heterocycles. The zero-order chi connectivity index (χ0) is 13.0. The molecule has 1 fully saturated rings. The van der Waals surface area contributed by atoms with Crippen LogP contribution in [-0.4, -0.2) is 11.0 Å². The highest BCUT2D eigenvalue weighted by Gasteiger charge is 2.16. The topological polar surface area (TPSA) is 24.9 Å². The van der Waals surface area contributed by atoms with Gasteiger partial charge in [0.05, 0.1) is 5.69 Å². The minimum Gasteiger partial charge on any atom is -0.308 e. The molecule has 1 saturated carbocycles. The number of nitrogens with one attached hydrogen (secondary N) is 1. The Morgan fingerprint density at radius 2 is 1.89 bits per heavy atom. The van der Waals surface area contributed by atoms with Gasteiger partial charge in [-0.2, -0.15) is 0 Å². The van der Waals surface area contributed by atoms with Crippen molar-refractivity contribution in [3.63, 3.8) is 0 Å². The first kappa shape index (κ1) is 13.5. The van der Waals surface area contributed by atoms with E-state index in [1.54, 1.807) is 0 Å². The summed E-state index contributed by atoms with van der Waals surface area (Å²) in [5.74, 6) is 0. The molecule has 18 heavy (non-hydrogen) atoms. The quantitative estimate of drug-likeness (QED) is 0.877. The first-order chi connectivity index (χ1) is 8.55. The second kappa shape index (κ2) is 5.83. The van der Waals surface area contributed by atoms with Crippen molar-refractivity contribution >= 4 is 0 Å². The molecular formula is C16H26N2. The molecule has 1 aliphatic carbocycles. The lowest BCUT2D eigenvalue weighted by molar-refractivity contribution is 0.370. The molecule has 0 radical (unpaired) electrons. The van der Waals surface area contributed by atoms with Gasteiger partial charge in [-0.15, -0.1) is 0 Å². The predicted octanol–water partition coefficient (Wildman–Crippen LogP) is 3.80. The van der Waals surface area contributed by atoms with Crippen molar-refractivity contribution in [1.29, 1.82) is 0 Å². The molecule has 1 heterocycles. The van der Waals surface area contributed by atoms with Crippen LogP contribution in [0.1, 0.15) is 64.3 Å². The van der Waals surface area contributed by atoms with E-state index in [9.17, 15) is 0 Å². The predicted molar refractivity (Wildman–Crippen MR) is 76.6 cm³/mol. The Balaban J connectivity index is 1.92. The molecule has 2 rings (SSSR count). The van der Waals surface area contributed by atoms with Crippen molar-refractivity contribution in [1.82, 2.24) is 10.3 Å². The fourth-order valence-corrected chi connectivity index (χ4v) is 2.55. The van der Waals surface area contributed by atoms with Gasteiger partial charge < -0.3 is 5.32 Å². The number of aromatic nitrogens is 1. The van der Waals surface area contributed by atoms with Crippen LogP contribution >= 0.6 is 0 Å². The van der Waals surface area contributed by atoms with E-state index in [4.69, 9.17) is 4.98 Å². The molecule has 2 nitrogen and oxygen atoms in total. The van der Waals surface area contributed by atoms with Gasteiger partial charge in [-0.3, -0.25) is 4.98 Å². The average molecular weight is 246 g/mol. The van der Waals surface area contributed by atoms with Crippen LogP contribution < -0.4 is 5.32 Å².